The van der Waals surface area contributed by atoms with Crippen molar-refractivity contribution in [3.63, 3.8) is 0 Å². The number of carbonyl (C=O) groups is 1. The molecule has 0 aromatic heterocycles. The van der Waals surface area contributed by atoms with Crippen molar-refractivity contribution in [1.29, 1.82) is 0 Å². The molecule has 1 heterocycles. The van der Waals surface area contributed by atoms with Crippen LogP contribution in [0.15, 0.2) is 59.5 Å². The van der Waals surface area contributed by atoms with E-state index in [0.717, 1.165) is 18.5 Å². The summed E-state index contributed by atoms with van der Waals surface area (Å²) in [5.41, 5.74) is 2.85. The second-order valence-electron chi connectivity index (χ2n) is 7.43. The number of phenolic OH excluding ortho intramolecular Hbond substituents is 1. The van der Waals surface area contributed by atoms with Crippen LogP contribution in [-0.4, -0.2) is 62.4 Å². The van der Waals surface area contributed by atoms with Crippen LogP contribution in [0.25, 0.3) is 5.57 Å². The molecule has 7 nitrogen and oxygen atoms in total. The number of benzene rings is 2. The highest BCUT2D eigenvalue weighted by Crippen LogP contribution is 2.24. The maximum Gasteiger partial charge on any atom is 0.242 e. The topological polar surface area (TPSA) is 90.0 Å². The second-order valence-corrected chi connectivity index (χ2v) is 9.55. The molecule has 1 aliphatic rings. The van der Waals surface area contributed by atoms with Crippen molar-refractivity contribution in [2.45, 2.75) is 17.9 Å². The number of phenols is 1. The molecule has 2 aromatic rings. The SMILES string of the molecule is CN(C)S(=O)(=O)c1ccccc1CNC(=O)CN1CC=C(c2ccc(O)cc2)CC1. The van der Waals surface area contributed by atoms with Gasteiger partial charge in [-0.05, 0) is 41.3 Å². The van der Waals surface area contributed by atoms with Crippen LogP contribution >= 0.6 is 0 Å². The summed E-state index contributed by atoms with van der Waals surface area (Å²) in [5, 5.41) is 12.2. The summed E-state index contributed by atoms with van der Waals surface area (Å²) in [6.45, 7) is 1.83. The molecule has 0 saturated heterocycles. The molecule has 0 fully saturated rings. The highest BCUT2D eigenvalue weighted by Gasteiger charge is 2.21. The fraction of sp³-hybridized carbons (Fsp3) is 0.318. The maximum absolute atomic E-state index is 12.5. The van der Waals surface area contributed by atoms with Gasteiger partial charge in [0, 0.05) is 33.7 Å². The number of rotatable bonds is 7. The van der Waals surface area contributed by atoms with E-state index in [1.165, 1.54) is 24.0 Å². The molecule has 3 rings (SSSR count). The molecule has 0 spiro atoms. The molecule has 2 aromatic carbocycles. The molecule has 160 valence electrons. The Morgan fingerprint density at radius 3 is 2.47 bits per heavy atom. The normalized spacial score (nSPS) is 15.1. The van der Waals surface area contributed by atoms with Crippen molar-refractivity contribution >= 4 is 21.5 Å². The lowest BCUT2D eigenvalue weighted by molar-refractivity contribution is -0.122. The number of hydrogen-bond acceptors (Lipinski definition) is 5. The third kappa shape index (κ3) is 5.27. The minimum atomic E-state index is -3.57. The first kappa shape index (κ1) is 22.0. The van der Waals surface area contributed by atoms with Crippen LogP contribution in [0.4, 0.5) is 0 Å². The highest BCUT2D eigenvalue weighted by molar-refractivity contribution is 7.89. The summed E-state index contributed by atoms with van der Waals surface area (Å²) in [4.78, 5) is 14.7. The first-order chi connectivity index (χ1) is 14.3. The molecule has 0 radical (unpaired) electrons. The monoisotopic (exact) mass is 429 g/mol. The van der Waals surface area contributed by atoms with Gasteiger partial charge in [-0.25, -0.2) is 12.7 Å². The summed E-state index contributed by atoms with van der Waals surface area (Å²) >= 11 is 0. The van der Waals surface area contributed by atoms with E-state index in [1.807, 2.05) is 17.0 Å². The summed E-state index contributed by atoms with van der Waals surface area (Å²) < 4.78 is 26.1. The van der Waals surface area contributed by atoms with Gasteiger partial charge in [-0.1, -0.05) is 36.4 Å². The van der Waals surface area contributed by atoms with Gasteiger partial charge in [-0.15, -0.1) is 0 Å². The van der Waals surface area contributed by atoms with Crippen molar-refractivity contribution in [2.24, 2.45) is 0 Å². The van der Waals surface area contributed by atoms with Crippen LogP contribution in [0.5, 0.6) is 5.75 Å². The Labute approximate surface area is 177 Å². The minimum absolute atomic E-state index is 0.145. The second kappa shape index (κ2) is 9.42. The van der Waals surface area contributed by atoms with Crippen LogP contribution in [-0.2, 0) is 21.4 Å². The van der Waals surface area contributed by atoms with Gasteiger partial charge in [0.1, 0.15) is 5.75 Å². The lowest BCUT2D eigenvalue weighted by atomic mass is 9.99. The van der Waals surface area contributed by atoms with Gasteiger partial charge in [0.15, 0.2) is 0 Å². The fourth-order valence-electron chi connectivity index (χ4n) is 3.34. The average Bonchev–Trinajstić information content (AvgIpc) is 2.73. The van der Waals surface area contributed by atoms with Gasteiger partial charge >= 0.3 is 0 Å². The van der Waals surface area contributed by atoms with E-state index in [1.54, 1.807) is 36.4 Å². The first-order valence-electron chi connectivity index (χ1n) is 9.75. The largest absolute Gasteiger partial charge is 0.508 e. The predicted molar refractivity (Wildman–Crippen MR) is 116 cm³/mol. The third-order valence-electron chi connectivity index (χ3n) is 5.11. The molecule has 0 aliphatic carbocycles. The average molecular weight is 430 g/mol. The zero-order valence-electron chi connectivity index (χ0n) is 17.2. The molecule has 0 bridgehead atoms. The van der Waals surface area contributed by atoms with Crippen LogP contribution < -0.4 is 5.32 Å². The number of nitrogens with one attached hydrogen (secondary N) is 1. The lowest BCUT2D eigenvalue weighted by Crippen LogP contribution is -2.39. The van der Waals surface area contributed by atoms with Crippen LogP contribution in [0.2, 0.25) is 0 Å². The van der Waals surface area contributed by atoms with Crippen molar-refractivity contribution in [2.75, 3.05) is 33.7 Å². The molecular weight excluding hydrogens is 402 g/mol. The maximum atomic E-state index is 12.5. The van der Waals surface area contributed by atoms with Gasteiger partial charge in [0.25, 0.3) is 0 Å². The highest BCUT2D eigenvalue weighted by atomic mass is 32.2. The Balaban J connectivity index is 1.56. The van der Waals surface area contributed by atoms with Gasteiger partial charge < -0.3 is 10.4 Å². The summed E-state index contributed by atoms with van der Waals surface area (Å²) in [6, 6.07) is 13.8. The number of amides is 1. The number of hydrogen-bond donors (Lipinski definition) is 2. The molecule has 0 unspecified atom stereocenters. The zero-order chi connectivity index (χ0) is 21.7. The van der Waals surface area contributed by atoms with Gasteiger partial charge in [0.05, 0.1) is 11.4 Å². The molecule has 2 N–H and O–H groups in total. The number of carbonyl (C=O) groups excluding carboxylic acids is 1. The van der Waals surface area contributed by atoms with E-state index >= 15 is 0 Å². The van der Waals surface area contributed by atoms with E-state index in [2.05, 4.69) is 11.4 Å². The van der Waals surface area contributed by atoms with E-state index in [-0.39, 0.29) is 29.6 Å². The third-order valence-corrected chi connectivity index (χ3v) is 7.02. The van der Waals surface area contributed by atoms with E-state index in [4.69, 9.17) is 0 Å². The lowest BCUT2D eigenvalue weighted by Gasteiger charge is -2.26. The predicted octanol–water partition coefficient (Wildman–Crippen LogP) is 2.05. The quantitative estimate of drug-likeness (QED) is 0.703. The number of sulfonamides is 1. The molecule has 1 amide bonds. The van der Waals surface area contributed by atoms with Gasteiger partial charge in [0.2, 0.25) is 15.9 Å². The Morgan fingerprint density at radius 2 is 1.83 bits per heavy atom. The zero-order valence-corrected chi connectivity index (χ0v) is 18.0. The van der Waals surface area contributed by atoms with E-state index in [0.29, 0.717) is 12.1 Å². The standard InChI is InChI=1S/C22H27N3O4S/c1-24(2)30(28,29)21-6-4-3-5-19(21)15-23-22(27)16-25-13-11-18(12-14-25)17-7-9-20(26)10-8-17/h3-11,26H,12-16H2,1-2H3,(H,23,27). The van der Waals surface area contributed by atoms with Gasteiger partial charge in [-0.3, -0.25) is 9.69 Å². The summed E-state index contributed by atoms with van der Waals surface area (Å²) in [7, 11) is -0.595. The molecule has 1 aliphatic heterocycles. The van der Waals surface area contributed by atoms with Crippen molar-refractivity contribution in [3.05, 3.63) is 65.7 Å². The number of nitrogens with zero attached hydrogens (tertiary/aromatic N) is 2. The van der Waals surface area contributed by atoms with Crippen LogP contribution in [0.1, 0.15) is 17.5 Å². The van der Waals surface area contributed by atoms with Crippen LogP contribution in [0.3, 0.4) is 0 Å². The Bertz CT molecular complexity index is 1030. The molecule has 30 heavy (non-hydrogen) atoms. The van der Waals surface area contributed by atoms with E-state index in [9.17, 15) is 18.3 Å². The molecular formula is C22H27N3O4S. The fourth-order valence-corrected chi connectivity index (χ4v) is 4.46. The van der Waals surface area contributed by atoms with Gasteiger partial charge in [-0.2, -0.15) is 0 Å². The summed E-state index contributed by atoms with van der Waals surface area (Å²) in [6.07, 6.45) is 2.92. The Hall–Kier alpha value is -2.68. The smallest absolute Gasteiger partial charge is 0.242 e. The van der Waals surface area contributed by atoms with Crippen molar-refractivity contribution < 1.29 is 18.3 Å². The molecule has 0 saturated carbocycles. The first-order valence-corrected chi connectivity index (χ1v) is 11.2. The van der Waals surface area contributed by atoms with E-state index < -0.39 is 10.0 Å². The summed E-state index contributed by atoms with van der Waals surface area (Å²) in [5.74, 6) is 0.0990. The molecule has 8 heteroatoms. The van der Waals surface area contributed by atoms with Crippen molar-refractivity contribution in [1.82, 2.24) is 14.5 Å². The Morgan fingerprint density at radius 1 is 1.13 bits per heavy atom. The van der Waals surface area contributed by atoms with Crippen molar-refractivity contribution in [3.8, 4) is 5.75 Å². The molecule has 0 atom stereocenters. The van der Waals surface area contributed by atoms with Crippen LogP contribution in [0, 0.1) is 0 Å². The Kier molecular flexibility index (Phi) is 6.91. The number of aromatic hydroxyl groups is 1. The minimum Gasteiger partial charge on any atom is -0.508 e.